The minimum Gasteiger partial charge on any atom is -0.497 e. The molecule has 3 aromatic rings. The van der Waals surface area contributed by atoms with Crippen molar-refractivity contribution in [1.29, 1.82) is 0 Å². The van der Waals surface area contributed by atoms with Crippen LogP contribution in [-0.4, -0.2) is 42.4 Å². The van der Waals surface area contributed by atoms with E-state index in [0.29, 0.717) is 35.2 Å². The number of benzene rings is 2. The largest absolute Gasteiger partial charge is 0.497 e. The number of esters is 1. The minimum absolute atomic E-state index is 0.00635. The summed E-state index contributed by atoms with van der Waals surface area (Å²) < 4.78 is 16.8. The predicted octanol–water partition coefficient (Wildman–Crippen LogP) is 2.86. The van der Waals surface area contributed by atoms with Gasteiger partial charge < -0.3 is 14.2 Å². The molecule has 0 atom stereocenters. The Hall–Kier alpha value is -3.68. The molecule has 0 saturated carbocycles. The van der Waals surface area contributed by atoms with Crippen molar-refractivity contribution < 1.29 is 23.8 Å². The zero-order valence-corrected chi connectivity index (χ0v) is 17.0. The first-order valence-electron chi connectivity index (χ1n) is 9.42. The number of nitrogens with zero attached hydrogens (tertiary/aromatic N) is 2. The van der Waals surface area contributed by atoms with Crippen LogP contribution in [0.4, 0.5) is 0 Å². The third-order valence-electron chi connectivity index (χ3n) is 4.54. The van der Waals surface area contributed by atoms with Gasteiger partial charge in [0.05, 0.1) is 25.2 Å². The lowest BCUT2D eigenvalue weighted by atomic mass is 10.1. The second-order valence-corrected chi connectivity index (χ2v) is 6.49. The highest BCUT2D eigenvalue weighted by Gasteiger charge is 2.20. The second-order valence-electron chi connectivity index (χ2n) is 6.49. The Bertz CT molecular complexity index is 1150. The van der Waals surface area contributed by atoms with Crippen molar-refractivity contribution in [2.75, 3.05) is 20.8 Å². The lowest BCUT2D eigenvalue weighted by Crippen LogP contribution is -2.27. The average Bonchev–Trinajstić information content (AvgIpc) is 2.78. The van der Waals surface area contributed by atoms with Crippen LogP contribution < -0.4 is 15.0 Å². The van der Waals surface area contributed by atoms with Gasteiger partial charge in [0.2, 0.25) is 5.78 Å². The summed E-state index contributed by atoms with van der Waals surface area (Å²) >= 11 is 0. The monoisotopic (exact) mass is 410 g/mol. The molecule has 0 saturated heterocycles. The van der Waals surface area contributed by atoms with Gasteiger partial charge in [0.15, 0.2) is 12.3 Å². The Balaban J connectivity index is 1.86. The van der Waals surface area contributed by atoms with E-state index < -0.39 is 18.4 Å². The van der Waals surface area contributed by atoms with Crippen LogP contribution in [0.25, 0.3) is 10.8 Å². The molecule has 8 nitrogen and oxygen atoms in total. The van der Waals surface area contributed by atoms with Crippen molar-refractivity contribution in [1.82, 2.24) is 9.78 Å². The molecular formula is C22H22N2O6. The first kappa shape index (κ1) is 21.0. The molecule has 1 aromatic heterocycles. The van der Waals surface area contributed by atoms with E-state index in [9.17, 15) is 14.4 Å². The molecule has 0 bridgehead atoms. The maximum absolute atomic E-state index is 12.7. The van der Waals surface area contributed by atoms with Crippen molar-refractivity contribution in [3.8, 4) is 11.5 Å². The summed E-state index contributed by atoms with van der Waals surface area (Å²) in [7, 11) is 2.94. The molecule has 0 spiro atoms. The van der Waals surface area contributed by atoms with E-state index in [1.54, 1.807) is 42.5 Å². The zero-order valence-electron chi connectivity index (χ0n) is 17.0. The summed E-state index contributed by atoms with van der Waals surface area (Å²) in [6, 6.07) is 11.4. The van der Waals surface area contributed by atoms with E-state index in [-0.39, 0.29) is 16.8 Å². The Morgan fingerprint density at radius 1 is 1.03 bits per heavy atom. The number of hydrogen-bond donors (Lipinski definition) is 0. The molecule has 156 valence electrons. The van der Waals surface area contributed by atoms with Crippen LogP contribution in [-0.2, 0) is 11.3 Å². The molecule has 2 aromatic carbocycles. The molecule has 0 N–H and O–H groups in total. The second kappa shape index (κ2) is 9.21. The summed E-state index contributed by atoms with van der Waals surface area (Å²) in [5, 5.41) is 4.93. The van der Waals surface area contributed by atoms with Crippen LogP contribution in [0.15, 0.2) is 47.3 Å². The topological polar surface area (TPSA) is 96.7 Å². The molecule has 30 heavy (non-hydrogen) atoms. The van der Waals surface area contributed by atoms with Crippen molar-refractivity contribution in [2.24, 2.45) is 0 Å². The van der Waals surface area contributed by atoms with Gasteiger partial charge in [0.25, 0.3) is 5.56 Å². The lowest BCUT2D eigenvalue weighted by molar-refractivity contribution is 0.0467. The van der Waals surface area contributed by atoms with Crippen LogP contribution in [0.3, 0.4) is 0 Å². The van der Waals surface area contributed by atoms with Crippen LogP contribution in [0.5, 0.6) is 11.5 Å². The van der Waals surface area contributed by atoms with Gasteiger partial charge in [-0.05, 0) is 24.6 Å². The highest BCUT2D eigenvalue weighted by Crippen LogP contribution is 2.25. The standard InChI is InChI=1S/C22H22N2O6/c1-4-11-24-21(26)16-8-6-5-7-15(16)20(23-24)22(27)30-13-18(25)17-10-9-14(28-2)12-19(17)29-3/h5-10,12H,4,11,13H2,1-3H3. The van der Waals surface area contributed by atoms with Gasteiger partial charge in [-0.3, -0.25) is 9.59 Å². The Morgan fingerprint density at radius 3 is 2.43 bits per heavy atom. The number of fused-ring (bicyclic) bond motifs is 1. The number of rotatable bonds is 8. The van der Waals surface area contributed by atoms with Crippen LogP contribution in [0.2, 0.25) is 0 Å². The molecular weight excluding hydrogens is 388 g/mol. The lowest BCUT2D eigenvalue weighted by Gasteiger charge is -2.11. The molecule has 3 rings (SSSR count). The summed E-state index contributed by atoms with van der Waals surface area (Å²) in [6.45, 7) is 1.78. The summed E-state index contributed by atoms with van der Waals surface area (Å²) in [5.41, 5.74) is -0.0175. The predicted molar refractivity (Wildman–Crippen MR) is 110 cm³/mol. The molecule has 1 heterocycles. The van der Waals surface area contributed by atoms with E-state index in [1.165, 1.54) is 18.9 Å². The first-order valence-corrected chi connectivity index (χ1v) is 9.42. The highest BCUT2D eigenvalue weighted by molar-refractivity contribution is 6.04. The van der Waals surface area contributed by atoms with Crippen molar-refractivity contribution in [2.45, 2.75) is 19.9 Å². The summed E-state index contributed by atoms with van der Waals surface area (Å²) in [4.78, 5) is 37.8. The van der Waals surface area contributed by atoms with Crippen LogP contribution in [0, 0.1) is 0 Å². The number of Topliss-reactive ketones (excluding diaryl/α,β-unsaturated/α-hetero) is 1. The molecule has 0 aliphatic carbocycles. The average molecular weight is 410 g/mol. The van der Waals surface area contributed by atoms with E-state index >= 15 is 0 Å². The Kier molecular flexibility index (Phi) is 6.46. The molecule has 0 fully saturated rings. The van der Waals surface area contributed by atoms with Gasteiger partial charge in [0, 0.05) is 18.0 Å². The molecule has 0 unspecified atom stereocenters. The maximum atomic E-state index is 12.7. The van der Waals surface area contributed by atoms with Crippen LogP contribution in [0.1, 0.15) is 34.2 Å². The number of aryl methyl sites for hydroxylation is 1. The van der Waals surface area contributed by atoms with Gasteiger partial charge in [0.1, 0.15) is 11.5 Å². The third kappa shape index (κ3) is 4.17. The first-order chi connectivity index (χ1) is 14.5. The molecule has 0 amide bonds. The summed E-state index contributed by atoms with van der Waals surface area (Å²) in [5.74, 6) is -0.365. The minimum atomic E-state index is -0.781. The van der Waals surface area contributed by atoms with Crippen molar-refractivity contribution in [3.63, 3.8) is 0 Å². The smallest absolute Gasteiger partial charge is 0.359 e. The van der Waals surface area contributed by atoms with E-state index in [0.717, 1.165) is 0 Å². The number of ketones is 1. The number of carbonyl (C=O) groups is 2. The fourth-order valence-electron chi connectivity index (χ4n) is 3.06. The van der Waals surface area contributed by atoms with Crippen molar-refractivity contribution >= 4 is 22.5 Å². The number of methoxy groups -OCH3 is 2. The Labute approximate surface area is 173 Å². The SMILES string of the molecule is CCCn1nc(C(=O)OCC(=O)c2ccc(OC)cc2OC)c2ccccc2c1=O. The number of aromatic nitrogens is 2. The Morgan fingerprint density at radius 2 is 1.77 bits per heavy atom. The van der Waals surface area contributed by atoms with Gasteiger partial charge in [-0.15, -0.1) is 0 Å². The van der Waals surface area contributed by atoms with E-state index in [2.05, 4.69) is 5.10 Å². The molecule has 0 aliphatic rings. The molecule has 8 heteroatoms. The fourth-order valence-corrected chi connectivity index (χ4v) is 3.06. The quantitative estimate of drug-likeness (QED) is 0.416. The maximum Gasteiger partial charge on any atom is 0.359 e. The van der Waals surface area contributed by atoms with Gasteiger partial charge in [-0.2, -0.15) is 5.10 Å². The fraction of sp³-hybridized carbons (Fsp3) is 0.273. The summed E-state index contributed by atoms with van der Waals surface area (Å²) in [6.07, 6.45) is 0.676. The molecule has 0 radical (unpaired) electrons. The van der Waals surface area contributed by atoms with Crippen LogP contribution >= 0.6 is 0 Å². The van der Waals surface area contributed by atoms with Crippen molar-refractivity contribution in [3.05, 3.63) is 64.1 Å². The highest BCUT2D eigenvalue weighted by atomic mass is 16.5. The third-order valence-corrected chi connectivity index (χ3v) is 4.54. The van der Waals surface area contributed by atoms with E-state index in [4.69, 9.17) is 14.2 Å². The number of ether oxygens (including phenoxy) is 3. The van der Waals surface area contributed by atoms with Gasteiger partial charge in [-0.1, -0.05) is 25.1 Å². The van der Waals surface area contributed by atoms with Gasteiger partial charge in [-0.25, -0.2) is 9.48 Å². The molecule has 0 aliphatic heterocycles. The normalized spacial score (nSPS) is 10.6. The van der Waals surface area contributed by atoms with Gasteiger partial charge >= 0.3 is 5.97 Å². The number of hydrogen-bond acceptors (Lipinski definition) is 7. The van der Waals surface area contributed by atoms with E-state index in [1.807, 2.05) is 6.92 Å². The zero-order chi connectivity index (χ0) is 21.7. The number of carbonyl (C=O) groups excluding carboxylic acids is 2.